The lowest BCUT2D eigenvalue weighted by atomic mass is 10.1. The highest BCUT2D eigenvalue weighted by Gasteiger charge is 2.18. The Labute approximate surface area is 165 Å². The number of nitrogens with one attached hydrogen (secondary N) is 1. The minimum Gasteiger partial charge on any atom is -0.338 e. The number of anilines is 1. The molecule has 0 aliphatic carbocycles. The van der Waals surface area contributed by atoms with E-state index in [0.29, 0.717) is 17.5 Å². The number of hydrogen-bond donors (Lipinski definition) is 1. The fourth-order valence-corrected chi connectivity index (χ4v) is 3.14. The van der Waals surface area contributed by atoms with Crippen LogP contribution in [0.25, 0.3) is 11.4 Å². The molecule has 0 radical (unpaired) electrons. The quantitative estimate of drug-likeness (QED) is 0.612. The first kappa shape index (κ1) is 20.0. The van der Waals surface area contributed by atoms with Crippen LogP contribution in [0.5, 0.6) is 0 Å². The summed E-state index contributed by atoms with van der Waals surface area (Å²) in [6, 6.07) is 10.8. The maximum absolute atomic E-state index is 13.6. The molecular formula is C20H19F2N3O2S. The lowest BCUT2D eigenvalue weighted by Gasteiger charge is -2.11. The highest BCUT2D eigenvalue weighted by Crippen LogP contribution is 2.22. The van der Waals surface area contributed by atoms with Crippen LogP contribution in [0, 0.1) is 11.6 Å². The van der Waals surface area contributed by atoms with Gasteiger partial charge in [0.2, 0.25) is 17.6 Å². The van der Waals surface area contributed by atoms with E-state index in [0.717, 1.165) is 30.2 Å². The highest BCUT2D eigenvalue weighted by molar-refractivity contribution is 7.99. The molecule has 0 fully saturated rings. The minimum absolute atomic E-state index is 0.187. The topological polar surface area (TPSA) is 68.0 Å². The summed E-state index contributed by atoms with van der Waals surface area (Å²) in [5.74, 6) is -0.567. The Hall–Kier alpha value is -2.74. The maximum atomic E-state index is 13.6. The van der Waals surface area contributed by atoms with Gasteiger partial charge in [-0.15, -0.1) is 11.8 Å². The number of nitrogens with zero attached hydrogens (tertiary/aromatic N) is 2. The largest absolute Gasteiger partial charge is 0.338 e. The second-order valence-corrected chi connectivity index (χ2v) is 7.46. The number of rotatable bonds is 7. The number of hydrogen-bond acceptors (Lipinski definition) is 5. The van der Waals surface area contributed by atoms with Crippen LogP contribution >= 0.6 is 11.8 Å². The van der Waals surface area contributed by atoms with Crippen molar-refractivity contribution in [2.45, 2.75) is 31.3 Å². The molecular weight excluding hydrogens is 384 g/mol. The second kappa shape index (κ2) is 8.97. The van der Waals surface area contributed by atoms with Crippen LogP contribution in [0.15, 0.2) is 47.0 Å². The van der Waals surface area contributed by atoms with Gasteiger partial charge < -0.3 is 9.84 Å². The molecule has 1 unspecified atom stereocenters. The van der Waals surface area contributed by atoms with Gasteiger partial charge in [0.1, 0.15) is 11.6 Å². The summed E-state index contributed by atoms with van der Waals surface area (Å²) < 4.78 is 32.1. The monoisotopic (exact) mass is 403 g/mol. The van der Waals surface area contributed by atoms with Crippen LogP contribution in [-0.2, 0) is 17.0 Å². The van der Waals surface area contributed by atoms with E-state index in [2.05, 4.69) is 22.4 Å². The van der Waals surface area contributed by atoms with E-state index in [4.69, 9.17) is 4.52 Å². The van der Waals surface area contributed by atoms with Gasteiger partial charge in [-0.2, -0.15) is 4.98 Å². The molecule has 0 bridgehead atoms. The third-order valence-electron chi connectivity index (χ3n) is 4.10. The van der Waals surface area contributed by atoms with Gasteiger partial charge in [-0.1, -0.05) is 36.3 Å². The number of amides is 1. The first-order chi connectivity index (χ1) is 13.5. The Balaban J connectivity index is 1.57. The fourth-order valence-electron chi connectivity index (χ4n) is 2.42. The lowest BCUT2D eigenvalue weighted by molar-refractivity contribution is -0.115. The molecule has 28 heavy (non-hydrogen) atoms. The van der Waals surface area contributed by atoms with Crippen LogP contribution in [0.3, 0.4) is 0 Å². The van der Waals surface area contributed by atoms with Crippen LogP contribution in [0.1, 0.15) is 25.3 Å². The van der Waals surface area contributed by atoms with Gasteiger partial charge in [0, 0.05) is 11.6 Å². The number of aryl methyl sites for hydroxylation is 1. The van der Waals surface area contributed by atoms with E-state index in [-0.39, 0.29) is 5.69 Å². The summed E-state index contributed by atoms with van der Waals surface area (Å²) in [5, 5.41) is 5.82. The predicted octanol–water partition coefficient (Wildman–Crippen LogP) is 4.84. The molecule has 3 rings (SSSR count). The SMILES string of the molecule is CCc1ccc(-c2noc(CSC(C)C(=O)Nc3cc(F)ccc3F)n2)cc1. The van der Waals surface area contributed by atoms with E-state index in [1.807, 2.05) is 24.3 Å². The van der Waals surface area contributed by atoms with Crippen LogP contribution in [0.4, 0.5) is 14.5 Å². The zero-order valence-electron chi connectivity index (χ0n) is 15.4. The number of thioether (sulfide) groups is 1. The van der Waals surface area contributed by atoms with Crippen molar-refractivity contribution in [3.05, 3.63) is 65.6 Å². The molecule has 0 aliphatic rings. The van der Waals surface area contributed by atoms with Crippen molar-refractivity contribution in [1.29, 1.82) is 0 Å². The number of carbonyl (C=O) groups is 1. The van der Waals surface area contributed by atoms with Crippen molar-refractivity contribution in [3.8, 4) is 11.4 Å². The normalized spacial score (nSPS) is 12.0. The maximum Gasteiger partial charge on any atom is 0.237 e. The number of aromatic nitrogens is 2. The first-order valence-corrected chi connectivity index (χ1v) is 9.80. The molecule has 0 saturated heterocycles. The average Bonchev–Trinajstić information content (AvgIpc) is 3.18. The van der Waals surface area contributed by atoms with Crippen molar-refractivity contribution >= 4 is 23.4 Å². The van der Waals surface area contributed by atoms with Crippen molar-refractivity contribution in [2.24, 2.45) is 0 Å². The van der Waals surface area contributed by atoms with Gasteiger partial charge in [-0.05, 0) is 31.0 Å². The zero-order valence-corrected chi connectivity index (χ0v) is 16.2. The van der Waals surface area contributed by atoms with Gasteiger partial charge in [-0.3, -0.25) is 4.79 Å². The number of carbonyl (C=O) groups excluding carboxylic acids is 1. The molecule has 1 atom stereocenters. The molecule has 2 aromatic carbocycles. The third kappa shape index (κ3) is 4.95. The number of benzene rings is 2. The highest BCUT2D eigenvalue weighted by atomic mass is 32.2. The Morgan fingerprint density at radius 3 is 2.68 bits per heavy atom. The Kier molecular flexibility index (Phi) is 6.41. The molecule has 1 aromatic heterocycles. The summed E-state index contributed by atoms with van der Waals surface area (Å²) in [5.41, 5.74) is 1.88. The Bertz CT molecular complexity index is 960. The summed E-state index contributed by atoms with van der Waals surface area (Å²) in [4.78, 5) is 16.5. The number of halogens is 2. The molecule has 8 heteroatoms. The van der Waals surface area contributed by atoms with Gasteiger partial charge in [0.05, 0.1) is 16.7 Å². The summed E-state index contributed by atoms with van der Waals surface area (Å²) in [6.07, 6.45) is 0.952. The van der Waals surface area contributed by atoms with Crippen molar-refractivity contribution < 1.29 is 18.1 Å². The fraction of sp³-hybridized carbons (Fsp3) is 0.250. The Morgan fingerprint density at radius 2 is 1.96 bits per heavy atom. The average molecular weight is 403 g/mol. The molecule has 0 saturated carbocycles. The molecule has 0 aliphatic heterocycles. The molecule has 146 valence electrons. The predicted molar refractivity (Wildman–Crippen MR) is 105 cm³/mol. The molecule has 1 heterocycles. The summed E-state index contributed by atoms with van der Waals surface area (Å²) in [7, 11) is 0. The summed E-state index contributed by atoms with van der Waals surface area (Å²) >= 11 is 1.26. The van der Waals surface area contributed by atoms with E-state index in [1.54, 1.807) is 6.92 Å². The van der Waals surface area contributed by atoms with Crippen molar-refractivity contribution in [2.75, 3.05) is 5.32 Å². The molecule has 1 amide bonds. The molecule has 0 spiro atoms. The van der Waals surface area contributed by atoms with Crippen LogP contribution in [-0.4, -0.2) is 21.3 Å². The van der Waals surface area contributed by atoms with E-state index < -0.39 is 22.8 Å². The van der Waals surface area contributed by atoms with Crippen LogP contribution in [0.2, 0.25) is 0 Å². The second-order valence-electron chi connectivity index (χ2n) is 6.13. The van der Waals surface area contributed by atoms with Gasteiger partial charge in [0.25, 0.3) is 0 Å². The van der Waals surface area contributed by atoms with E-state index >= 15 is 0 Å². The summed E-state index contributed by atoms with van der Waals surface area (Å²) in [6.45, 7) is 3.75. The molecule has 1 N–H and O–H groups in total. The first-order valence-electron chi connectivity index (χ1n) is 8.75. The lowest BCUT2D eigenvalue weighted by Crippen LogP contribution is -2.23. The van der Waals surface area contributed by atoms with E-state index in [1.165, 1.54) is 17.3 Å². The van der Waals surface area contributed by atoms with Crippen molar-refractivity contribution in [3.63, 3.8) is 0 Å². The third-order valence-corrected chi connectivity index (χ3v) is 5.23. The van der Waals surface area contributed by atoms with Crippen molar-refractivity contribution in [1.82, 2.24) is 10.1 Å². The zero-order chi connectivity index (χ0) is 20.1. The Morgan fingerprint density at radius 1 is 1.21 bits per heavy atom. The van der Waals surface area contributed by atoms with Gasteiger partial charge in [0.15, 0.2) is 0 Å². The molecule has 5 nitrogen and oxygen atoms in total. The van der Waals surface area contributed by atoms with Crippen LogP contribution < -0.4 is 5.32 Å². The van der Waals surface area contributed by atoms with Gasteiger partial charge >= 0.3 is 0 Å². The molecule has 3 aromatic rings. The van der Waals surface area contributed by atoms with E-state index in [9.17, 15) is 13.6 Å². The minimum atomic E-state index is -0.692. The van der Waals surface area contributed by atoms with Gasteiger partial charge in [-0.25, -0.2) is 8.78 Å². The smallest absolute Gasteiger partial charge is 0.237 e. The standard InChI is InChI=1S/C20H19F2N3O2S/c1-3-13-4-6-14(7-5-13)19-24-18(27-25-19)11-28-12(2)20(26)23-17-10-15(21)8-9-16(17)22/h4-10,12H,3,11H2,1-2H3,(H,23,26).